The van der Waals surface area contributed by atoms with Crippen LogP contribution < -0.4 is 16.2 Å². The van der Waals surface area contributed by atoms with Crippen molar-refractivity contribution in [1.82, 2.24) is 16.2 Å². The third kappa shape index (κ3) is 5.61. The summed E-state index contributed by atoms with van der Waals surface area (Å²) in [5.74, 6) is -1.49. The maximum Gasteiger partial charge on any atom is 0.279 e. The molecular weight excluding hydrogens is 441 g/mol. The van der Waals surface area contributed by atoms with Crippen LogP contribution in [0.15, 0.2) is 78.9 Å². The second-order valence-electron chi connectivity index (χ2n) is 7.24. The fourth-order valence-corrected chi connectivity index (χ4v) is 4.11. The summed E-state index contributed by atoms with van der Waals surface area (Å²) >= 11 is 1.23. The molecule has 8 heteroatoms. The average Bonchev–Trinajstić information content (AvgIpc) is 3.33. The second-order valence-corrected chi connectivity index (χ2v) is 8.32. The lowest BCUT2D eigenvalue weighted by Crippen LogP contribution is -2.42. The topological polar surface area (TPSA) is 87.3 Å². The molecule has 0 unspecified atom stereocenters. The van der Waals surface area contributed by atoms with Crippen LogP contribution in [0, 0.1) is 5.82 Å². The van der Waals surface area contributed by atoms with Gasteiger partial charge in [-0.1, -0.05) is 42.5 Å². The molecule has 1 aromatic heterocycles. The smallest absolute Gasteiger partial charge is 0.279 e. The van der Waals surface area contributed by atoms with Gasteiger partial charge in [0, 0.05) is 23.4 Å². The summed E-state index contributed by atoms with van der Waals surface area (Å²) in [5, 5.41) is 4.70. The van der Waals surface area contributed by atoms with Crippen molar-refractivity contribution in [3.05, 3.63) is 95.1 Å². The zero-order valence-corrected chi connectivity index (χ0v) is 18.2. The van der Waals surface area contributed by atoms with E-state index in [0.29, 0.717) is 10.4 Å². The van der Waals surface area contributed by atoms with Gasteiger partial charge in [0.1, 0.15) is 5.82 Å². The van der Waals surface area contributed by atoms with Gasteiger partial charge >= 0.3 is 0 Å². The van der Waals surface area contributed by atoms with Crippen molar-refractivity contribution in [3.63, 3.8) is 0 Å². The molecule has 0 aliphatic rings. The summed E-state index contributed by atoms with van der Waals surface area (Å²) in [6, 6.07) is 22.5. The van der Waals surface area contributed by atoms with E-state index in [9.17, 15) is 18.8 Å². The normalized spacial score (nSPS) is 10.6. The number of hydrogen-bond acceptors (Lipinski definition) is 4. The van der Waals surface area contributed by atoms with Crippen LogP contribution in [0.4, 0.5) is 4.39 Å². The quantitative estimate of drug-likeness (QED) is 0.375. The van der Waals surface area contributed by atoms with Gasteiger partial charge in [-0.25, -0.2) is 4.39 Å². The number of thiophene rings is 1. The summed E-state index contributed by atoms with van der Waals surface area (Å²) in [4.78, 5) is 37.8. The van der Waals surface area contributed by atoms with E-state index in [1.54, 1.807) is 36.4 Å². The fourth-order valence-electron chi connectivity index (χ4n) is 3.20. The van der Waals surface area contributed by atoms with Crippen molar-refractivity contribution < 1.29 is 18.8 Å². The molecular formula is C25H20FN3O3S. The van der Waals surface area contributed by atoms with Crippen LogP contribution in [-0.4, -0.2) is 24.3 Å². The second kappa shape index (κ2) is 10.1. The molecule has 1 heterocycles. The number of hydrogen-bond donors (Lipinski definition) is 3. The van der Waals surface area contributed by atoms with Gasteiger partial charge in [-0.3, -0.25) is 25.2 Å². The highest BCUT2D eigenvalue weighted by Gasteiger charge is 2.12. The van der Waals surface area contributed by atoms with E-state index in [-0.39, 0.29) is 24.7 Å². The fraction of sp³-hybridized carbons (Fsp3) is 0.0800. The Kier molecular flexibility index (Phi) is 6.75. The summed E-state index contributed by atoms with van der Waals surface area (Å²) in [5.41, 5.74) is 6.01. The van der Waals surface area contributed by atoms with E-state index >= 15 is 0 Å². The third-order valence-corrected chi connectivity index (χ3v) is 6.06. The van der Waals surface area contributed by atoms with E-state index in [1.165, 1.54) is 23.5 Å². The molecule has 0 atom stereocenters. The number of nitrogens with one attached hydrogen (secondary N) is 3. The third-order valence-electron chi connectivity index (χ3n) is 4.92. The Balaban J connectivity index is 1.22. The summed E-state index contributed by atoms with van der Waals surface area (Å²) in [7, 11) is 0. The van der Waals surface area contributed by atoms with Crippen molar-refractivity contribution in [2.75, 3.05) is 6.54 Å². The SMILES string of the molecule is O=C(CCNC(=O)c1ccc2ccccc2c1)NNC(=O)c1ccc(-c2ccc(F)cc2)s1. The first-order valence-electron chi connectivity index (χ1n) is 10.2. The van der Waals surface area contributed by atoms with E-state index in [1.807, 2.05) is 30.3 Å². The van der Waals surface area contributed by atoms with E-state index in [4.69, 9.17) is 0 Å². The van der Waals surface area contributed by atoms with Gasteiger partial charge in [0.05, 0.1) is 4.88 Å². The average molecular weight is 462 g/mol. The van der Waals surface area contributed by atoms with Gasteiger partial charge in [0.15, 0.2) is 0 Å². The number of halogens is 1. The highest BCUT2D eigenvalue weighted by atomic mass is 32.1. The molecule has 0 aliphatic carbocycles. The zero-order chi connectivity index (χ0) is 23.2. The van der Waals surface area contributed by atoms with Gasteiger partial charge in [-0.05, 0) is 52.7 Å². The van der Waals surface area contributed by atoms with Crippen molar-refractivity contribution in [3.8, 4) is 10.4 Å². The minimum absolute atomic E-state index is 0.00483. The summed E-state index contributed by atoms with van der Waals surface area (Å²) in [6.45, 7) is 0.126. The van der Waals surface area contributed by atoms with Crippen LogP contribution in [0.1, 0.15) is 26.5 Å². The minimum Gasteiger partial charge on any atom is -0.352 e. The molecule has 4 aromatic rings. The van der Waals surface area contributed by atoms with Crippen LogP contribution in [0.3, 0.4) is 0 Å². The Morgan fingerprint density at radius 1 is 0.788 bits per heavy atom. The first-order chi connectivity index (χ1) is 16.0. The Morgan fingerprint density at radius 3 is 2.33 bits per heavy atom. The largest absolute Gasteiger partial charge is 0.352 e. The van der Waals surface area contributed by atoms with Crippen molar-refractivity contribution in [2.24, 2.45) is 0 Å². The van der Waals surface area contributed by atoms with E-state index in [0.717, 1.165) is 21.2 Å². The molecule has 0 saturated heterocycles. The first-order valence-corrected chi connectivity index (χ1v) is 11.0. The Bertz CT molecular complexity index is 1320. The van der Waals surface area contributed by atoms with E-state index in [2.05, 4.69) is 16.2 Å². The minimum atomic E-state index is -0.457. The van der Waals surface area contributed by atoms with Crippen LogP contribution in [0.25, 0.3) is 21.2 Å². The molecule has 0 radical (unpaired) electrons. The molecule has 0 spiro atoms. The Labute approximate surface area is 193 Å². The number of carbonyl (C=O) groups is 3. The Hall–Kier alpha value is -4.04. The highest BCUT2D eigenvalue weighted by molar-refractivity contribution is 7.17. The molecule has 3 N–H and O–H groups in total. The summed E-state index contributed by atoms with van der Waals surface area (Å²) in [6.07, 6.45) is 0.00483. The Morgan fingerprint density at radius 2 is 1.55 bits per heavy atom. The molecule has 0 bridgehead atoms. The number of carbonyl (C=O) groups excluding carboxylic acids is 3. The lowest BCUT2D eigenvalue weighted by Gasteiger charge is -2.08. The van der Waals surface area contributed by atoms with Crippen molar-refractivity contribution in [2.45, 2.75) is 6.42 Å². The van der Waals surface area contributed by atoms with Crippen LogP contribution in [0.2, 0.25) is 0 Å². The molecule has 0 aliphatic heterocycles. The number of amides is 3. The number of rotatable bonds is 6. The van der Waals surface area contributed by atoms with Crippen molar-refractivity contribution in [1.29, 1.82) is 0 Å². The molecule has 3 aromatic carbocycles. The number of benzene rings is 3. The molecule has 0 fully saturated rings. The van der Waals surface area contributed by atoms with Gasteiger partial charge in [-0.15, -0.1) is 11.3 Å². The lowest BCUT2D eigenvalue weighted by atomic mass is 10.1. The zero-order valence-electron chi connectivity index (χ0n) is 17.4. The van der Waals surface area contributed by atoms with Gasteiger partial charge in [0.2, 0.25) is 5.91 Å². The molecule has 0 saturated carbocycles. The van der Waals surface area contributed by atoms with E-state index < -0.39 is 11.8 Å². The monoisotopic (exact) mass is 461 g/mol. The van der Waals surface area contributed by atoms with Gasteiger partial charge < -0.3 is 5.32 Å². The molecule has 166 valence electrons. The number of hydrazine groups is 1. The molecule has 33 heavy (non-hydrogen) atoms. The first kappa shape index (κ1) is 22.2. The maximum absolute atomic E-state index is 13.1. The summed E-state index contributed by atoms with van der Waals surface area (Å²) < 4.78 is 13.1. The van der Waals surface area contributed by atoms with Gasteiger partial charge in [-0.2, -0.15) is 0 Å². The van der Waals surface area contributed by atoms with Crippen molar-refractivity contribution >= 4 is 39.8 Å². The lowest BCUT2D eigenvalue weighted by molar-refractivity contribution is -0.121. The van der Waals surface area contributed by atoms with Gasteiger partial charge in [0.25, 0.3) is 11.8 Å². The molecule has 6 nitrogen and oxygen atoms in total. The molecule has 4 rings (SSSR count). The van der Waals surface area contributed by atoms with Crippen LogP contribution >= 0.6 is 11.3 Å². The highest BCUT2D eigenvalue weighted by Crippen LogP contribution is 2.28. The number of fused-ring (bicyclic) bond motifs is 1. The molecule has 3 amide bonds. The predicted molar refractivity (Wildman–Crippen MR) is 126 cm³/mol. The maximum atomic E-state index is 13.1. The van der Waals surface area contributed by atoms with Crippen LogP contribution in [-0.2, 0) is 4.79 Å². The predicted octanol–water partition coefficient (Wildman–Crippen LogP) is 4.29. The standard InChI is InChI=1S/C25H20FN3O3S/c26-20-9-7-17(8-10-20)21-11-12-22(33-21)25(32)29-28-23(30)13-14-27-24(31)19-6-5-16-3-1-2-4-18(16)15-19/h1-12,15H,13-14H2,(H,27,31)(H,28,30)(H,29,32). The van der Waals surface area contributed by atoms with Crippen LogP contribution in [0.5, 0.6) is 0 Å².